The number of aryl methyl sites for hydroxylation is 1. The Morgan fingerprint density at radius 3 is 2.40 bits per heavy atom. The van der Waals surface area contributed by atoms with Gasteiger partial charge in [-0.3, -0.25) is 9.59 Å². The van der Waals surface area contributed by atoms with E-state index < -0.39 is 29.9 Å². The molecule has 0 saturated carbocycles. The zero-order valence-corrected chi connectivity index (χ0v) is 21.6. The first-order valence-electron chi connectivity index (χ1n) is 11.8. The molecule has 0 spiro atoms. The van der Waals surface area contributed by atoms with E-state index >= 15 is 0 Å². The lowest BCUT2D eigenvalue weighted by atomic mass is 10.00. The van der Waals surface area contributed by atoms with Crippen molar-refractivity contribution in [3.05, 3.63) is 58.6 Å². The highest BCUT2D eigenvalue weighted by atomic mass is 35.5. The zero-order valence-electron chi connectivity index (χ0n) is 20.8. The number of nitrogens with zero attached hydrogens (tertiary/aromatic N) is 1. The number of anilines is 1. The van der Waals surface area contributed by atoms with Gasteiger partial charge in [0.25, 0.3) is 5.91 Å². The van der Waals surface area contributed by atoms with Crippen molar-refractivity contribution >= 4 is 35.1 Å². The quantitative estimate of drug-likeness (QED) is 0.340. The van der Waals surface area contributed by atoms with E-state index in [1.54, 1.807) is 50.2 Å². The van der Waals surface area contributed by atoms with Gasteiger partial charge in [-0.25, -0.2) is 9.69 Å². The van der Waals surface area contributed by atoms with E-state index in [0.717, 1.165) is 10.5 Å². The number of carbonyl (C=O) groups excluding carboxylic acids is 3. The van der Waals surface area contributed by atoms with Gasteiger partial charge in [0.1, 0.15) is 17.8 Å². The molecule has 2 atom stereocenters. The fraction of sp³-hybridized carbons (Fsp3) is 0.423. The second-order valence-electron chi connectivity index (χ2n) is 8.25. The van der Waals surface area contributed by atoms with E-state index in [1.807, 2.05) is 26.8 Å². The lowest BCUT2D eigenvalue weighted by Crippen LogP contribution is -2.50. The van der Waals surface area contributed by atoms with Gasteiger partial charge in [0.05, 0.1) is 17.3 Å². The first kappa shape index (κ1) is 28.1. The predicted molar refractivity (Wildman–Crippen MR) is 137 cm³/mol. The molecule has 0 bridgehead atoms. The molecule has 4 amide bonds. The Balaban J connectivity index is 0.00000210. The van der Waals surface area contributed by atoms with Crippen LogP contribution in [0.1, 0.15) is 51.3 Å². The molecule has 190 valence electrons. The predicted octanol–water partition coefficient (Wildman–Crippen LogP) is 4.69. The van der Waals surface area contributed by atoms with E-state index in [0.29, 0.717) is 35.1 Å². The van der Waals surface area contributed by atoms with Gasteiger partial charge in [0.2, 0.25) is 5.91 Å². The Kier molecular flexibility index (Phi) is 10.5. The van der Waals surface area contributed by atoms with E-state index in [-0.39, 0.29) is 12.5 Å². The number of rotatable bonds is 9. The standard InChI is InChI=1S/C24H28ClN3O5.C2H6/c1-14(2)21(22(30)26-19-10-5-15(3)13-18(19)25)28-23(31)20(27-24(28)32)16-6-8-17(9-7-16)33-12-4-11-29;1-2/h5-10,13-14,20-21,29H,4,11-12H2,1-3H3,(H,26,30)(H,27,32);1-2H3/t20-,21?;/m1./s1. The summed E-state index contributed by atoms with van der Waals surface area (Å²) in [6.07, 6.45) is 0.514. The van der Waals surface area contributed by atoms with Crippen molar-refractivity contribution in [2.45, 2.75) is 53.1 Å². The molecule has 1 saturated heterocycles. The Bertz CT molecular complexity index is 1030. The summed E-state index contributed by atoms with van der Waals surface area (Å²) in [5.74, 6) is -0.731. The zero-order chi connectivity index (χ0) is 26.1. The Morgan fingerprint density at radius 2 is 1.83 bits per heavy atom. The number of hydrogen-bond donors (Lipinski definition) is 3. The number of nitrogens with one attached hydrogen (secondary N) is 2. The number of hydrogen-bond acceptors (Lipinski definition) is 5. The summed E-state index contributed by atoms with van der Waals surface area (Å²) in [6.45, 7) is 9.84. The molecule has 1 aliphatic heterocycles. The van der Waals surface area contributed by atoms with Crippen LogP contribution >= 0.6 is 11.6 Å². The maximum Gasteiger partial charge on any atom is 0.325 e. The van der Waals surface area contributed by atoms with Crippen LogP contribution in [-0.4, -0.2) is 47.1 Å². The van der Waals surface area contributed by atoms with Crippen molar-refractivity contribution in [2.75, 3.05) is 18.5 Å². The number of amides is 4. The number of carbonyl (C=O) groups is 3. The van der Waals surface area contributed by atoms with Crippen LogP contribution in [0.3, 0.4) is 0 Å². The Morgan fingerprint density at radius 1 is 1.17 bits per heavy atom. The van der Waals surface area contributed by atoms with Crippen molar-refractivity contribution in [2.24, 2.45) is 5.92 Å². The maximum absolute atomic E-state index is 13.2. The molecule has 2 aromatic rings. The van der Waals surface area contributed by atoms with E-state index in [2.05, 4.69) is 10.6 Å². The van der Waals surface area contributed by atoms with E-state index in [1.165, 1.54) is 0 Å². The minimum Gasteiger partial charge on any atom is -0.494 e. The number of imide groups is 1. The second-order valence-corrected chi connectivity index (χ2v) is 8.65. The van der Waals surface area contributed by atoms with Crippen LogP contribution in [0.2, 0.25) is 5.02 Å². The first-order chi connectivity index (χ1) is 16.7. The SMILES string of the molecule is CC.Cc1ccc(NC(=O)C(C(C)C)N2C(=O)N[C@H](c3ccc(OCCCO)cc3)C2=O)c(Cl)c1. The normalized spacial score (nSPS) is 15.9. The minimum atomic E-state index is -1.01. The number of halogens is 1. The van der Waals surface area contributed by atoms with Gasteiger partial charge in [-0.05, 0) is 48.2 Å². The summed E-state index contributed by atoms with van der Waals surface area (Å²) in [4.78, 5) is 40.1. The summed E-state index contributed by atoms with van der Waals surface area (Å²) in [6, 6.07) is 9.45. The van der Waals surface area contributed by atoms with Gasteiger partial charge in [0, 0.05) is 13.0 Å². The van der Waals surface area contributed by atoms with Crippen LogP contribution in [0.15, 0.2) is 42.5 Å². The van der Waals surface area contributed by atoms with Gasteiger partial charge >= 0.3 is 6.03 Å². The lowest BCUT2D eigenvalue weighted by molar-refractivity contribution is -0.135. The third-order valence-corrected chi connectivity index (χ3v) is 5.63. The topological polar surface area (TPSA) is 108 Å². The maximum atomic E-state index is 13.2. The van der Waals surface area contributed by atoms with Gasteiger partial charge in [-0.15, -0.1) is 0 Å². The van der Waals surface area contributed by atoms with Gasteiger partial charge in [-0.2, -0.15) is 0 Å². The van der Waals surface area contributed by atoms with Crippen molar-refractivity contribution in [3.8, 4) is 5.75 Å². The smallest absolute Gasteiger partial charge is 0.325 e. The highest BCUT2D eigenvalue weighted by Crippen LogP contribution is 2.29. The highest BCUT2D eigenvalue weighted by molar-refractivity contribution is 6.33. The van der Waals surface area contributed by atoms with Crippen molar-refractivity contribution in [1.29, 1.82) is 0 Å². The van der Waals surface area contributed by atoms with Crippen LogP contribution < -0.4 is 15.4 Å². The number of benzene rings is 2. The number of aliphatic hydroxyl groups is 1. The monoisotopic (exact) mass is 503 g/mol. The Labute approximate surface area is 211 Å². The van der Waals surface area contributed by atoms with Crippen LogP contribution in [-0.2, 0) is 9.59 Å². The molecule has 1 fully saturated rings. The number of ether oxygens (including phenoxy) is 1. The Hall–Kier alpha value is -3.10. The molecule has 3 rings (SSSR count). The molecule has 0 radical (unpaired) electrons. The highest BCUT2D eigenvalue weighted by Gasteiger charge is 2.46. The molecular formula is C26H34ClN3O5. The second kappa shape index (κ2) is 13.1. The largest absolute Gasteiger partial charge is 0.494 e. The fourth-order valence-electron chi connectivity index (χ4n) is 3.64. The molecule has 1 unspecified atom stereocenters. The number of aliphatic hydroxyl groups excluding tert-OH is 1. The summed E-state index contributed by atoms with van der Waals surface area (Å²) < 4.78 is 5.50. The summed E-state index contributed by atoms with van der Waals surface area (Å²) in [5, 5.41) is 14.6. The number of urea groups is 1. The molecular weight excluding hydrogens is 470 g/mol. The third-order valence-electron chi connectivity index (χ3n) is 5.32. The van der Waals surface area contributed by atoms with Crippen LogP contribution in [0, 0.1) is 12.8 Å². The average molecular weight is 504 g/mol. The van der Waals surface area contributed by atoms with Gasteiger partial charge in [0.15, 0.2) is 0 Å². The summed E-state index contributed by atoms with van der Waals surface area (Å²) >= 11 is 6.23. The van der Waals surface area contributed by atoms with E-state index in [4.69, 9.17) is 21.4 Å². The molecule has 0 aliphatic carbocycles. The molecule has 1 aliphatic rings. The van der Waals surface area contributed by atoms with Crippen LogP contribution in [0.5, 0.6) is 5.75 Å². The molecule has 35 heavy (non-hydrogen) atoms. The molecule has 0 aromatic heterocycles. The van der Waals surface area contributed by atoms with Gasteiger partial charge in [-0.1, -0.05) is 57.5 Å². The fourth-order valence-corrected chi connectivity index (χ4v) is 3.92. The minimum absolute atomic E-state index is 0.0389. The van der Waals surface area contributed by atoms with Crippen molar-refractivity contribution in [1.82, 2.24) is 10.2 Å². The molecule has 3 N–H and O–H groups in total. The van der Waals surface area contributed by atoms with Crippen molar-refractivity contribution < 1.29 is 24.2 Å². The molecule has 1 heterocycles. The third kappa shape index (κ3) is 6.96. The van der Waals surface area contributed by atoms with E-state index in [9.17, 15) is 14.4 Å². The molecule has 9 heteroatoms. The van der Waals surface area contributed by atoms with Crippen molar-refractivity contribution in [3.63, 3.8) is 0 Å². The van der Waals surface area contributed by atoms with Crippen LogP contribution in [0.4, 0.5) is 10.5 Å². The van der Waals surface area contributed by atoms with Crippen LogP contribution in [0.25, 0.3) is 0 Å². The molecule has 2 aromatic carbocycles. The first-order valence-corrected chi connectivity index (χ1v) is 12.1. The van der Waals surface area contributed by atoms with Gasteiger partial charge < -0.3 is 20.5 Å². The average Bonchev–Trinajstić information content (AvgIpc) is 3.11. The summed E-state index contributed by atoms with van der Waals surface area (Å²) in [7, 11) is 0. The molecule has 8 nitrogen and oxygen atoms in total. The lowest BCUT2D eigenvalue weighted by Gasteiger charge is -2.27. The summed E-state index contributed by atoms with van der Waals surface area (Å²) in [5.41, 5.74) is 1.94.